The molecule has 3 nitrogen and oxygen atoms in total. The maximum absolute atomic E-state index is 8.56. The molecule has 0 unspecified atom stereocenters. The van der Waals surface area contributed by atoms with Gasteiger partial charge in [0.1, 0.15) is 0 Å². The van der Waals surface area contributed by atoms with Crippen LogP contribution < -0.4 is 0 Å². The summed E-state index contributed by atoms with van der Waals surface area (Å²) in [5, 5.41) is 13.9. The zero-order valence-corrected chi connectivity index (χ0v) is 21.5. The van der Waals surface area contributed by atoms with Crippen molar-refractivity contribution in [1.82, 2.24) is 0 Å². The van der Waals surface area contributed by atoms with Crippen molar-refractivity contribution in [3.05, 3.63) is 119 Å². The molecule has 2 N–H and O–H groups in total. The van der Waals surface area contributed by atoms with Gasteiger partial charge in [0.05, 0.1) is 0 Å². The van der Waals surface area contributed by atoms with Crippen LogP contribution in [0.5, 0.6) is 0 Å². The molecular formula is C29H30O3S2. The zero-order valence-electron chi connectivity index (χ0n) is 19.9. The molecule has 0 radical (unpaired) electrons. The molecule has 0 aliphatic rings. The first kappa shape index (κ1) is 27.1. The molecule has 0 aliphatic heterocycles. The highest BCUT2D eigenvalue weighted by Crippen LogP contribution is 2.32. The second-order valence-corrected chi connectivity index (χ2v) is 9.72. The summed E-state index contributed by atoms with van der Waals surface area (Å²) in [5.41, 5.74) is 5.35. The summed E-state index contributed by atoms with van der Waals surface area (Å²) < 4.78 is 0. The average molecular weight is 491 g/mol. The van der Waals surface area contributed by atoms with Crippen LogP contribution in [0.1, 0.15) is 22.3 Å². The second-order valence-electron chi connectivity index (χ2n) is 7.55. The molecule has 176 valence electrons. The van der Waals surface area contributed by atoms with E-state index in [2.05, 4.69) is 125 Å². The third kappa shape index (κ3) is 9.38. The van der Waals surface area contributed by atoms with Gasteiger partial charge >= 0.3 is 6.16 Å². The molecule has 4 rings (SSSR count). The van der Waals surface area contributed by atoms with Crippen molar-refractivity contribution < 1.29 is 15.0 Å². The Labute approximate surface area is 210 Å². The van der Waals surface area contributed by atoms with E-state index in [0.717, 1.165) is 0 Å². The van der Waals surface area contributed by atoms with Gasteiger partial charge in [0, 0.05) is 19.6 Å². The molecule has 0 aromatic heterocycles. The summed E-state index contributed by atoms with van der Waals surface area (Å²) in [7, 11) is 0. The van der Waals surface area contributed by atoms with E-state index in [1.165, 1.54) is 41.8 Å². The number of rotatable bonds is 4. The zero-order chi connectivity index (χ0) is 24.9. The Morgan fingerprint density at radius 1 is 0.471 bits per heavy atom. The van der Waals surface area contributed by atoms with Crippen molar-refractivity contribution in [1.29, 1.82) is 0 Å². The van der Waals surface area contributed by atoms with Crippen molar-refractivity contribution in [2.75, 3.05) is 0 Å². The van der Waals surface area contributed by atoms with Gasteiger partial charge in [0.15, 0.2) is 0 Å². The van der Waals surface area contributed by atoms with Crippen LogP contribution in [-0.2, 0) is 0 Å². The van der Waals surface area contributed by atoms with Crippen molar-refractivity contribution in [3.8, 4) is 0 Å². The second kappa shape index (κ2) is 14.2. The largest absolute Gasteiger partial charge is 0.503 e. The molecule has 0 bridgehead atoms. The lowest BCUT2D eigenvalue weighted by atomic mass is 10.2. The van der Waals surface area contributed by atoms with Gasteiger partial charge in [-0.3, -0.25) is 0 Å². The van der Waals surface area contributed by atoms with Gasteiger partial charge in [-0.15, -0.1) is 0 Å². The average Bonchev–Trinajstić information content (AvgIpc) is 2.80. The Hall–Kier alpha value is -3.15. The number of benzene rings is 4. The SMILES string of the molecule is Cc1ccccc1Sc1ccccc1C.Cc1ccccc1Sc1ccccc1C.O=C(O)O. The third-order valence-corrected chi connectivity index (χ3v) is 7.53. The molecule has 34 heavy (non-hydrogen) atoms. The molecule has 0 fully saturated rings. The van der Waals surface area contributed by atoms with Crippen molar-refractivity contribution in [2.24, 2.45) is 0 Å². The minimum atomic E-state index is -1.83. The monoisotopic (exact) mass is 490 g/mol. The van der Waals surface area contributed by atoms with Crippen molar-refractivity contribution >= 4 is 29.7 Å². The fourth-order valence-corrected chi connectivity index (χ4v) is 4.90. The molecule has 0 saturated carbocycles. The number of aryl methyl sites for hydroxylation is 4. The number of hydrogen-bond acceptors (Lipinski definition) is 3. The summed E-state index contributed by atoms with van der Waals surface area (Å²) in [5.74, 6) is 0. The number of carbonyl (C=O) groups is 1. The molecule has 0 saturated heterocycles. The summed E-state index contributed by atoms with van der Waals surface area (Å²) in [6, 6.07) is 34.0. The van der Waals surface area contributed by atoms with Crippen LogP contribution >= 0.6 is 23.5 Å². The molecule has 0 amide bonds. The lowest BCUT2D eigenvalue weighted by Gasteiger charge is -2.07. The fourth-order valence-electron chi connectivity index (χ4n) is 2.92. The third-order valence-electron chi connectivity index (χ3n) is 4.81. The minimum Gasteiger partial charge on any atom is -0.450 e. The molecule has 0 aliphatic carbocycles. The smallest absolute Gasteiger partial charge is 0.450 e. The Bertz CT molecular complexity index is 1030. The first-order chi connectivity index (χ1) is 16.3. The first-order valence-corrected chi connectivity index (χ1v) is 12.4. The highest BCUT2D eigenvalue weighted by Gasteiger charge is 2.03. The van der Waals surface area contributed by atoms with E-state index in [-0.39, 0.29) is 0 Å². The van der Waals surface area contributed by atoms with Crippen molar-refractivity contribution in [3.63, 3.8) is 0 Å². The van der Waals surface area contributed by atoms with Gasteiger partial charge in [-0.25, -0.2) is 4.79 Å². The molecule has 0 spiro atoms. The summed E-state index contributed by atoms with van der Waals surface area (Å²) in [6.45, 7) is 8.61. The Kier molecular flexibility index (Phi) is 11.3. The van der Waals surface area contributed by atoms with E-state index in [4.69, 9.17) is 15.0 Å². The van der Waals surface area contributed by atoms with Crippen LogP contribution in [0.3, 0.4) is 0 Å². The van der Waals surface area contributed by atoms with E-state index in [0.29, 0.717) is 0 Å². The summed E-state index contributed by atoms with van der Waals surface area (Å²) in [6.07, 6.45) is -1.83. The maximum atomic E-state index is 8.56. The van der Waals surface area contributed by atoms with Gasteiger partial charge in [-0.05, 0) is 74.2 Å². The Balaban J connectivity index is 0.000000208. The van der Waals surface area contributed by atoms with Gasteiger partial charge in [-0.2, -0.15) is 0 Å². The van der Waals surface area contributed by atoms with Crippen LogP contribution in [0.25, 0.3) is 0 Å². The summed E-state index contributed by atoms with van der Waals surface area (Å²) in [4.78, 5) is 13.9. The highest BCUT2D eigenvalue weighted by atomic mass is 32.2. The van der Waals surface area contributed by atoms with Crippen LogP contribution in [0.4, 0.5) is 4.79 Å². The van der Waals surface area contributed by atoms with Crippen LogP contribution in [0.15, 0.2) is 117 Å². The van der Waals surface area contributed by atoms with Gasteiger partial charge in [0.25, 0.3) is 0 Å². The number of carboxylic acid groups (broad SMARTS) is 2. The van der Waals surface area contributed by atoms with E-state index in [9.17, 15) is 0 Å². The quantitative estimate of drug-likeness (QED) is 0.299. The standard InChI is InChI=1S/2C14H14S.CH2O3/c2*1-11-7-3-5-9-13(11)15-14-10-6-4-8-12(14)2;2-1(3)4/h2*3-10H,1-2H3;(H2,2,3,4). The summed E-state index contributed by atoms with van der Waals surface area (Å²) >= 11 is 3.68. The minimum absolute atomic E-state index is 1.34. The molecular weight excluding hydrogens is 460 g/mol. The fraction of sp³-hybridized carbons (Fsp3) is 0.138. The van der Waals surface area contributed by atoms with E-state index < -0.39 is 6.16 Å². The molecule has 5 heteroatoms. The lowest BCUT2D eigenvalue weighted by molar-refractivity contribution is 0.137. The first-order valence-electron chi connectivity index (χ1n) is 10.8. The van der Waals surface area contributed by atoms with Crippen molar-refractivity contribution in [2.45, 2.75) is 47.3 Å². The molecule has 4 aromatic rings. The van der Waals surface area contributed by atoms with Gasteiger partial charge in [0.2, 0.25) is 0 Å². The van der Waals surface area contributed by atoms with E-state index >= 15 is 0 Å². The van der Waals surface area contributed by atoms with Crippen LogP contribution in [0, 0.1) is 27.7 Å². The Morgan fingerprint density at radius 3 is 0.824 bits per heavy atom. The highest BCUT2D eigenvalue weighted by molar-refractivity contribution is 7.99. The van der Waals surface area contributed by atoms with E-state index in [1.807, 2.05) is 23.5 Å². The predicted octanol–water partition coefficient (Wildman–Crippen LogP) is 9.13. The number of hydrogen-bond donors (Lipinski definition) is 2. The van der Waals surface area contributed by atoms with Crippen LogP contribution in [-0.4, -0.2) is 16.4 Å². The molecule has 4 aromatic carbocycles. The molecule has 0 heterocycles. The van der Waals surface area contributed by atoms with E-state index in [1.54, 1.807) is 0 Å². The lowest BCUT2D eigenvalue weighted by Crippen LogP contribution is -1.81. The molecule has 0 atom stereocenters. The maximum Gasteiger partial charge on any atom is 0.503 e. The van der Waals surface area contributed by atoms with Gasteiger partial charge < -0.3 is 10.2 Å². The topological polar surface area (TPSA) is 57.5 Å². The van der Waals surface area contributed by atoms with Crippen LogP contribution in [0.2, 0.25) is 0 Å². The normalized spacial score (nSPS) is 9.76. The predicted molar refractivity (Wildman–Crippen MR) is 144 cm³/mol. The van der Waals surface area contributed by atoms with Gasteiger partial charge in [-0.1, -0.05) is 96.3 Å². The Morgan fingerprint density at radius 2 is 0.647 bits per heavy atom.